The van der Waals surface area contributed by atoms with Gasteiger partial charge in [0.2, 0.25) is 5.91 Å². The van der Waals surface area contributed by atoms with Gasteiger partial charge in [-0.05, 0) is 54.8 Å². The number of H-pyrrole nitrogens is 1. The van der Waals surface area contributed by atoms with E-state index in [2.05, 4.69) is 15.0 Å². The normalized spacial score (nSPS) is 11.8. The van der Waals surface area contributed by atoms with E-state index >= 15 is 0 Å². The summed E-state index contributed by atoms with van der Waals surface area (Å²) in [5.74, 6) is -0.393. The van der Waals surface area contributed by atoms with Gasteiger partial charge >= 0.3 is 11.7 Å². The van der Waals surface area contributed by atoms with Crippen LogP contribution in [0.1, 0.15) is 22.8 Å². The van der Waals surface area contributed by atoms with Gasteiger partial charge in [0.25, 0.3) is 5.56 Å². The molecule has 0 fully saturated rings. The average molecular weight is 427 g/mol. The number of carbonyl (C=O) groups excluding carboxylic acids is 2. The number of nitrogens with zero attached hydrogens (tertiary/aromatic N) is 1. The Bertz CT molecular complexity index is 1180. The number of rotatable bonds is 7. The maximum absolute atomic E-state index is 13.0. The molecule has 9 heteroatoms. The van der Waals surface area contributed by atoms with Crippen molar-refractivity contribution in [2.24, 2.45) is 0 Å². The van der Waals surface area contributed by atoms with Gasteiger partial charge in [0.1, 0.15) is 6.04 Å². The maximum atomic E-state index is 13.0. The maximum Gasteiger partial charge on any atom is 0.337 e. The molecule has 8 nitrogen and oxygen atoms in total. The number of thioether (sulfide) groups is 1. The van der Waals surface area contributed by atoms with Crippen LogP contribution in [0.5, 0.6) is 0 Å². The zero-order valence-corrected chi connectivity index (χ0v) is 17.3. The molecule has 0 saturated carbocycles. The van der Waals surface area contributed by atoms with Crippen LogP contribution in [-0.4, -0.2) is 40.5 Å². The lowest BCUT2D eigenvalue weighted by Gasteiger charge is -2.19. The topological polar surface area (TPSA) is 110 Å². The molecule has 0 radical (unpaired) electrons. The lowest BCUT2D eigenvalue weighted by molar-refractivity contribution is -0.119. The van der Waals surface area contributed by atoms with Crippen molar-refractivity contribution in [1.82, 2.24) is 9.55 Å². The molecule has 0 aliphatic carbocycles. The second-order valence-corrected chi connectivity index (χ2v) is 7.49. The molecule has 3 aromatic rings. The fourth-order valence-electron chi connectivity index (χ4n) is 3.10. The Morgan fingerprint density at radius 1 is 1.13 bits per heavy atom. The molecule has 0 saturated heterocycles. The number of carbonyl (C=O) groups is 2. The number of nitrogens with one attached hydrogen (secondary N) is 2. The highest BCUT2D eigenvalue weighted by Crippen LogP contribution is 2.17. The van der Waals surface area contributed by atoms with Crippen LogP contribution in [0.4, 0.5) is 5.69 Å². The lowest BCUT2D eigenvalue weighted by atomic mass is 10.1. The van der Waals surface area contributed by atoms with Crippen LogP contribution < -0.4 is 16.6 Å². The Labute approximate surface area is 176 Å². The van der Waals surface area contributed by atoms with Gasteiger partial charge in [-0.1, -0.05) is 12.1 Å². The Kier molecular flexibility index (Phi) is 6.73. The van der Waals surface area contributed by atoms with Gasteiger partial charge in [-0.3, -0.25) is 9.59 Å². The Balaban J connectivity index is 1.96. The number of methoxy groups -OCH3 is 1. The van der Waals surface area contributed by atoms with Crippen LogP contribution in [-0.2, 0) is 9.53 Å². The molecule has 0 unspecified atom stereocenters. The van der Waals surface area contributed by atoms with Gasteiger partial charge in [0.15, 0.2) is 0 Å². The van der Waals surface area contributed by atoms with Crippen LogP contribution in [0.2, 0.25) is 0 Å². The number of aromatic amines is 1. The summed E-state index contributed by atoms with van der Waals surface area (Å²) in [6.07, 6.45) is 2.18. The largest absolute Gasteiger partial charge is 0.465 e. The number of benzene rings is 2. The number of aromatic nitrogens is 2. The van der Waals surface area contributed by atoms with Crippen molar-refractivity contribution in [3.8, 4) is 0 Å². The Morgan fingerprint density at radius 3 is 2.50 bits per heavy atom. The van der Waals surface area contributed by atoms with Crippen molar-refractivity contribution in [1.29, 1.82) is 0 Å². The third kappa shape index (κ3) is 4.46. The number of para-hydroxylation sites is 1. The lowest BCUT2D eigenvalue weighted by Crippen LogP contribution is -2.43. The predicted octanol–water partition coefficient (Wildman–Crippen LogP) is 2.41. The zero-order valence-electron chi connectivity index (χ0n) is 16.5. The molecule has 0 spiro atoms. The number of amides is 1. The quantitative estimate of drug-likeness (QED) is 0.561. The average Bonchev–Trinajstić information content (AvgIpc) is 2.75. The van der Waals surface area contributed by atoms with Gasteiger partial charge in [0.05, 0.1) is 23.6 Å². The van der Waals surface area contributed by atoms with Crippen molar-refractivity contribution in [3.63, 3.8) is 0 Å². The van der Waals surface area contributed by atoms with Crippen LogP contribution >= 0.6 is 11.8 Å². The van der Waals surface area contributed by atoms with E-state index in [1.54, 1.807) is 36.4 Å². The molecule has 1 heterocycles. The zero-order chi connectivity index (χ0) is 21.7. The van der Waals surface area contributed by atoms with Crippen LogP contribution in [0.25, 0.3) is 10.9 Å². The van der Waals surface area contributed by atoms with Gasteiger partial charge < -0.3 is 15.0 Å². The molecule has 0 aliphatic rings. The first-order chi connectivity index (χ1) is 14.5. The standard InChI is InChI=1S/C21H21N3O5S/c1-29-20(27)13-7-9-14(10-8-13)22-18(25)17(11-12-30-2)24-19(26)15-5-3-4-6-16(15)23-21(24)28/h3-10,17H,11-12H2,1-2H3,(H,22,25)(H,23,28)/t17-/m0/s1. The summed E-state index contributed by atoms with van der Waals surface area (Å²) < 4.78 is 5.62. The van der Waals surface area contributed by atoms with E-state index in [1.165, 1.54) is 31.0 Å². The summed E-state index contributed by atoms with van der Waals surface area (Å²) in [7, 11) is 1.28. The summed E-state index contributed by atoms with van der Waals surface area (Å²) >= 11 is 1.51. The number of hydrogen-bond acceptors (Lipinski definition) is 6. The second kappa shape index (κ2) is 9.45. The highest BCUT2D eigenvalue weighted by atomic mass is 32.2. The monoisotopic (exact) mass is 427 g/mol. The number of anilines is 1. The van der Waals surface area contributed by atoms with Gasteiger partial charge in [0, 0.05) is 5.69 Å². The highest BCUT2D eigenvalue weighted by Gasteiger charge is 2.25. The van der Waals surface area contributed by atoms with E-state index < -0.39 is 29.2 Å². The van der Waals surface area contributed by atoms with E-state index in [0.29, 0.717) is 34.3 Å². The van der Waals surface area contributed by atoms with Crippen LogP contribution in [0, 0.1) is 0 Å². The Hall–Kier alpha value is -3.33. The molecule has 156 valence electrons. The van der Waals surface area contributed by atoms with Crippen LogP contribution in [0.15, 0.2) is 58.1 Å². The summed E-state index contributed by atoms with van der Waals surface area (Å²) in [6.45, 7) is 0. The minimum atomic E-state index is -0.987. The number of fused-ring (bicyclic) bond motifs is 1. The SMILES string of the molecule is COC(=O)c1ccc(NC(=O)[C@H](CCSC)n2c(=O)[nH]c3ccccc3c2=O)cc1. The minimum absolute atomic E-state index is 0.300. The molecule has 2 aromatic carbocycles. The summed E-state index contributed by atoms with van der Waals surface area (Å²) in [5.41, 5.74) is 0.0486. The van der Waals surface area contributed by atoms with E-state index in [0.717, 1.165) is 4.57 Å². The van der Waals surface area contributed by atoms with E-state index in [-0.39, 0.29) is 0 Å². The van der Waals surface area contributed by atoms with Crippen molar-refractivity contribution in [2.45, 2.75) is 12.5 Å². The third-order valence-corrected chi connectivity index (χ3v) is 5.26. The summed E-state index contributed by atoms with van der Waals surface area (Å²) in [4.78, 5) is 52.8. The second-order valence-electron chi connectivity index (χ2n) is 6.51. The predicted molar refractivity (Wildman–Crippen MR) is 117 cm³/mol. The molecule has 2 N–H and O–H groups in total. The fraction of sp³-hybridized carbons (Fsp3) is 0.238. The molecule has 0 aliphatic heterocycles. The summed E-state index contributed by atoms with van der Waals surface area (Å²) in [6, 6.07) is 11.8. The van der Waals surface area contributed by atoms with Crippen molar-refractivity contribution < 1.29 is 14.3 Å². The molecule has 3 rings (SSSR count). The van der Waals surface area contributed by atoms with Gasteiger partial charge in [-0.25, -0.2) is 14.2 Å². The van der Waals surface area contributed by atoms with Gasteiger partial charge in [-0.15, -0.1) is 0 Å². The first-order valence-corrected chi connectivity index (χ1v) is 10.6. The number of ether oxygens (including phenoxy) is 1. The van der Waals surface area contributed by atoms with Crippen LogP contribution in [0.3, 0.4) is 0 Å². The molecule has 1 atom stereocenters. The molecule has 0 bridgehead atoms. The smallest absolute Gasteiger partial charge is 0.337 e. The fourth-order valence-corrected chi connectivity index (χ4v) is 3.56. The molecular formula is C21H21N3O5S. The van der Waals surface area contributed by atoms with Crippen molar-refractivity contribution in [2.75, 3.05) is 24.4 Å². The van der Waals surface area contributed by atoms with E-state index in [9.17, 15) is 19.2 Å². The number of hydrogen-bond donors (Lipinski definition) is 2. The third-order valence-electron chi connectivity index (χ3n) is 4.62. The summed E-state index contributed by atoms with van der Waals surface area (Å²) in [5, 5.41) is 3.06. The van der Waals surface area contributed by atoms with Gasteiger partial charge in [-0.2, -0.15) is 11.8 Å². The molecule has 1 aromatic heterocycles. The first-order valence-electron chi connectivity index (χ1n) is 9.18. The van der Waals surface area contributed by atoms with Crippen molar-refractivity contribution >= 4 is 40.2 Å². The molecule has 30 heavy (non-hydrogen) atoms. The molecular weight excluding hydrogens is 406 g/mol. The molecule has 1 amide bonds. The minimum Gasteiger partial charge on any atom is -0.465 e. The van der Waals surface area contributed by atoms with Crippen molar-refractivity contribution in [3.05, 3.63) is 74.9 Å². The Morgan fingerprint density at radius 2 is 1.83 bits per heavy atom. The van der Waals surface area contributed by atoms with E-state index in [1.807, 2.05) is 6.26 Å². The first kappa shape index (κ1) is 21.4. The number of esters is 1. The highest BCUT2D eigenvalue weighted by molar-refractivity contribution is 7.98. The van der Waals surface area contributed by atoms with E-state index in [4.69, 9.17) is 0 Å².